The second kappa shape index (κ2) is 6.65. The minimum Gasteiger partial charge on any atom is -0.394 e. The highest BCUT2D eigenvalue weighted by Crippen LogP contribution is 2.38. The Morgan fingerprint density at radius 2 is 1.93 bits per heavy atom. The fourth-order valence-electron chi connectivity index (χ4n) is 3.62. The molecule has 0 unspecified atom stereocenters. The lowest BCUT2D eigenvalue weighted by molar-refractivity contribution is 0.0786. The zero-order valence-corrected chi connectivity index (χ0v) is 16.5. The maximum absolute atomic E-state index is 12.5. The molecular formula is C20H25N3O3S. The molecule has 1 saturated carbocycles. The van der Waals surface area contributed by atoms with Crippen molar-refractivity contribution < 1.29 is 14.4 Å². The highest BCUT2D eigenvalue weighted by atomic mass is 32.2. The van der Waals surface area contributed by atoms with E-state index in [0.29, 0.717) is 28.7 Å². The monoisotopic (exact) mass is 387 g/mol. The van der Waals surface area contributed by atoms with Gasteiger partial charge in [0.25, 0.3) is 0 Å². The molecule has 2 aliphatic rings. The summed E-state index contributed by atoms with van der Waals surface area (Å²) in [7, 11) is -1.11. The minimum absolute atomic E-state index is 0.0357. The Bertz CT molecular complexity index is 881. The van der Waals surface area contributed by atoms with Gasteiger partial charge in [0, 0.05) is 17.7 Å². The third kappa shape index (κ3) is 3.39. The van der Waals surface area contributed by atoms with Gasteiger partial charge in [0.15, 0.2) is 5.82 Å². The quantitative estimate of drug-likeness (QED) is 0.729. The average Bonchev–Trinajstić information content (AvgIpc) is 2.99. The fraction of sp³-hybridized carbons (Fsp3) is 0.500. The molecule has 0 amide bonds. The summed E-state index contributed by atoms with van der Waals surface area (Å²) in [5.74, 6) is 1.72. The van der Waals surface area contributed by atoms with Crippen LogP contribution in [0.3, 0.4) is 0 Å². The maximum Gasteiger partial charge on any atom is 0.161 e. The second-order valence-electron chi connectivity index (χ2n) is 8.02. The number of nitrogens with one attached hydrogen (secondary N) is 1. The molecule has 2 heterocycles. The van der Waals surface area contributed by atoms with E-state index < -0.39 is 16.4 Å². The summed E-state index contributed by atoms with van der Waals surface area (Å²) in [5.41, 5.74) is 1.22. The van der Waals surface area contributed by atoms with Crippen molar-refractivity contribution in [3.63, 3.8) is 0 Å². The van der Waals surface area contributed by atoms with E-state index in [-0.39, 0.29) is 12.1 Å². The number of hydrogen-bond acceptors (Lipinski definition) is 6. The molecular weight excluding hydrogens is 362 g/mol. The smallest absolute Gasteiger partial charge is 0.161 e. The summed E-state index contributed by atoms with van der Waals surface area (Å²) in [6.07, 6.45) is 3.49. The van der Waals surface area contributed by atoms with E-state index in [9.17, 15) is 14.4 Å². The number of fused-ring (bicyclic) bond motifs is 1. The van der Waals surface area contributed by atoms with Gasteiger partial charge in [0.2, 0.25) is 0 Å². The van der Waals surface area contributed by atoms with Gasteiger partial charge in [-0.3, -0.25) is 4.21 Å². The molecule has 1 atom stereocenters. The van der Waals surface area contributed by atoms with Crippen LogP contribution in [0.25, 0.3) is 11.4 Å². The Morgan fingerprint density at radius 1 is 1.22 bits per heavy atom. The molecule has 144 valence electrons. The van der Waals surface area contributed by atoms with E-state index in [1.54, 1.807) is 13.8 Å². The number of aryl methyl sites for hydroxylation is 1. The summed E-state index contributed by atoms with van der Waals surface area (Å²) in [4.78, 5) is 10.0. The molecule has 27 heavy (non-hydrogen) atoms. The summed E-state index contributed by atoms with van der Waals surface area (Å²) in [5, 5.41) is 23.3. The van der Waals surface area contributed by atoms with Gasteiger partial charge in [0.1, 0.15) is 10.7 Å². The Labute approximate surface area is 161 Å². The molecule has 4 rings (SSSR count). The van der Waals surface area contributed by atoms with Crippen molar-refractivity contribution in [2.24, 2.45) is 0 Å². The fourth-order valence-corrected chi connectivity index (χ4v) is 4.92. The predicted molar refractivity (Wildman–Crippen MR) is 105 cm³/mol. The van der Waals surface area contributed by atoms with E-state index in [1.807, 2.05) is 24.3 Å². The van der Waals surface area contributed by atoms with E-state index in [4.69, 9.17) is 0 Å². The zero-order valence-electron chi connectivity index (χ0n) is 15.7. The van der Waals surface area contributed by atoms with Crippen LogP contribution >= 0.6 is 0 Å². The number of aliphatic hydroxyl groups excluding tert-OH is 1. The van der Waals surface area contributed by atoms with Crippen LogP contribution in [0.4, 0.5) is 5.82 Å². The van der Waals surface area contributed by atoms with Crippen molar-refractivity contribution in [1.82, 2.24) is 9.97 Å². The summed E-state index contributed by atoms with van der Waals surface area (Å²) in [6, 6.07) is 7.54. The van der Waals surface area contributed by atoms with Crippen LogP contribution in [0.5, 0.6) is 0 Å². The lowest BCUT2D eigenvalue weighted by Crippen LogP contribution is -2.48. The molecule has 7 heteroatoms. The molecule has 0 spiro atoms. The van der Waals surface area contributed by atoms with Gasteiger partial charge in [0.05, 0.1) is 34.2 Å². The number of benzene rings is 1. The van der Waals surface area contributed by atoms with Crippen LogP contribution in [0, 0.1) is 0 Å². The van der Waals surface area contributed by atoms with Gasteiger partial charge in [-0.25, -0.2) is 9.97 Å². The van der Waals surface area contributed by atoms with Crippen molar-refractivity contribution >= 4 is 16.6 Å². The predicted octanol–water partition coefficient (Wildman–Crippen LogP) is 2.36. The lowest BCUT2D eigenvalue weighted by atomic mass is 9.77. The van der Waals surface area contributed by atoms with Gasteiger partial charge in [-0.1, -0.05) is 24.3 Å². The van der Waals surface area contributed by atoms with Gasteiger partial charge in [-0.15, -0.1) is 0 Å². The van der Waals surface area contributed by atoms with Gasteiger partial charge < -0.3 is 15.5 Å². The molecule has 0 bridgehead atoms. The first-order chi connectivity index (χ1) is 12.8. The summed E-state index contributed by atoms with van der Waals surface area (Å²) < 4.78 is 12.5. The largest absolute Gasteiger partial charge is 0.394 e. The molecule has 0 saturated heterocycles. The summed E-state index contributed by atoms with van der Waals surface area (Å²) in [6.45, 7) is 3.53. The van der Waals surface area contributed by atoms with Gasteiger partial charge in [-0.2, -0.15) is 0 Å². The number of anilines is 1. The van der Waals surface area contributed by atoms with E-state index in [2.05, 4.69) is 15.3 Å². The van der Waals surface area contributed by atoms with Crippen LogP contribution in [0.1, 0.15) is 44.4 Å². The standard InChI is InChI=1S/C20H25N3O3S/c1-19(2,25)14-6-4-13(5-7-14)17-21-15-8-11-27(26)16(15)18(22-17)23-20(12-24)9-3-10-20/h4-7,24-25H,3,8-12H2,1-2H3,(H,21,22,23)/t27-/m1/s1. The topological polar surface area (TPSA) is 95.3 Å². The second-order valence-corrected chi connectivity index (χ2v) is 9.53. The Hall–Kier alpha value is -1.83. The zero-order chi connectivity index (χ0) is 19.2. The Balaban J connectivity index is 1.74. The molecule has 3 N–H and O–H groups in total. The van der Waals surface area contributed by atoms with Crippen LogP contribution in [-0.2, 0) is 22.8 Å². The van der Waals surface area contributed by atoms with Gasteiger partial charge >= 0.3 is 0 Å². The molecule has 1 aliphatic carbocycles. The lowest BCUT2D eigenvalue weighted by Gasteiger charge is -2.41. The maximum atomic E-state index is 12.5. The highest BCUT2D eigenvalue weighted by molar-refractivity contribution is 7.85. The van der Waals surface area contributed by atoms with E-state index in [0.717, 1.165) is 36.1 Å². The van der Waals surface area contributed by atoms with Crippen molar-refractivity contribution in [3.8, 4) is 11.4 Å². The van der Waals surface area contributed by atoms with E-state index >= 15 is 0 Å². The molecule has 1 aliphatic heterocycles. The molecule has 1 aromatic carbocycles. The van der Waals surface area contributed by atoms with Crippen molar-refractivity contribution in [3.05, 3.63) is 35.5 Å². The molecule has 1 aromatic heterocycles. The Morgan fingerprint density at radius 3 is 2.48 bits per heavy atom. The van der Waals surface area contributed by atoms with Crippen LogP contribution in [0.2, 0.25) is 0 Å². The molecule has 2 aromatic rings. The van der Waals surface area contributed by atoms with Crippen molar-refractivity contribution in [1.29, 1.82) is 0 Å². The first-order valence-corrected chi connectivity index (χ1v) is 10.6. The first-order valence-electron chi connectivity index (χ1n) is 9.33. The van der Waals surface area contributed by atoms with Crippen LogP contribution < -0.4 is 5.32 Å². The highest BCUT2D eigenvalue weighted by Gasteiger charge is 2.38. The minimum atomic E-state index is -1.11. The van der Waals surface area contributed by atoms with Crippen LogP contribution in [0.15, 0.2) is 29.2 Å². The number of nitrogens with zero attached hydrogens (tertiary/aromatic N) is 2. The SMILES string of the molecule is CC(C)(O)c1ccc(-c2nc3c(c(NC4(CO)CCC4)n2)[S@](=O)CC3)cc1. The van der Waals surface area contributed by atoms with Crippen molar-refractivity contribution in [2.75, 3.05) is 17.7 Å². The Kier molecular flexibility index (Phi) is 4.56. The average molecular weight is 388 g/mol. The van der Waals surface area contributed by atoms with Crippen LogP contribution in [-0.4, -0.2) is 42.3 Å². The number of hydrogen-bond donors (Lipinski definition) is 3. The third-order valence-electron chi connectivity index (χ3n) is 5.53. The first kappa shape index (κ1) is 18.5. The normalized spacial score (nSPS) is 20.8. The van der Waals surface area contributed by atoms with Gasteiger partial charge in [-0.05, 0) is 38.7 Å². The number of aliphatic hydroxyl groups is 2. The summed E-state index contributed by atoms with van der Waals surface area (Å²) >= 11 is 0. The number of aromatic nitrogens is 2. The molecule has 0 radical (unpaired) electrons. The van der Waals surface area contributed by atoms with E-state index in [1.165, 1.54) is 0 Å². The van der Waals surface area contributed by atoms with Crippen molar-refractivity contribution in [2.45, 2.75) is 55.6 Å². The number of rotatable bonds is 5. The molecule has 1 fully saturated rings. The third-order valence-corrected chi connectivity index (χ3v) is 6.99. The molecule has 6 nitrogen and oxygen atoms in total.